The summed E-state index contributed by atoms with van der Waals surface area (Å²) in [6.07, 6.45) is 2.58. The molecule has 0 aromatic heterocycles. The maximum absolute atomic E-state index is 12.7. The Balaban J connectivity index is 1.78. The standard InChI is InChI=1S/C14H21FN2/c1-14(2)8-3-10-17(14)11-9-16-13-6-4-12(15)5-7-13/h4-7,16H,3,8-11H2,1-2H3. The van der Waals surface area contributed by atoms with Crippen LogP contribution in [0.2, 0.25) is 0 Å². The number of halogens is 1. The topological polar surface area (TPSA) is 15.3 Å². The minimum atomic E-state index is -0.184. The van der Waals surface area contributed by atoms with Crippen molar-refractivity contribution in [3.05, 3.63) is 30.1 Å². The number of likely N-dealkylation sites (tertiary alicyclic amines) is 1. The summed E-state index contributed by atoms with van der Waals surface area (Å²) in [5, 5.41) is 3.33. The van der Waals surface area contributed by atoms with Crippen molar-refractivity contribution in [3.8, 4) is 0 Å². The average molecular weight is 236 g/mol. The lowest BCUT2D eigenvalue weighted by atomic mass is 10.0. The molecule has 1 aliphatic heterocycles. The zero-order valence-corrected chi connectivity index (χ0v) is 10.7. The van der Waals surface area contributed by atoms with Gasteiger partial charge in [-0.2, -0.15) is 0 Å². The summed E-state index contributed by atoms with van der Waals surface area (Å²) in [5.41, 5.74) is 1.33. The highest BCUT2D eigenvalue weighted by Gasteiger charge is 2.30. The smallest absolute Gasteiger partial charge is 0.123 e. The number of rotatable bonds is 4. The molecule has 1 fully saturated rings. The zero-order chi connectivity index (χ0) is 12.3. The van der Waals surface area contributed by atoms with Crippen LogP contribution < -0.4 is 5.32 Å². The molecule has 1 aromatic carbocycles. The van der Waals surface area contributed by atoms with Gasteiger partial charge in [0.2, 0.25) is 0 Å². The van der Waals surface area contributed by atoms with E-state index in [1.54, 1.807) is 12.1 Å². The highest BCUT2D eigenvalue weighted by molar-refractivity contribution is 5.42. The van der Waals surface area contributed by atoms with E-state index in [9.17, 15) is 4.39 Å². The molecule has 2 rings (SSSR count). The molecule has 0 aliphatic carbocycles. The molecular formula is C14H21FN2. The van der Waals surface area contributed by atoms with Gasteiger partial charge in [-0.15, -0.1) is 0 Å². The summed E-state index contributed by atoms with van der Waals surface area (Å²) >= 11 is 0. The molecule has 1 N–H and O–H groups in total. The molecule has 0 spiro atoms. The number of benzene rings is 1. The summed E-state index contributed by atoms with van der Waals surface area (Å²) < 4.78 is 12.7. The third kappa shape index (κ3) is 3.19. The van der Waals surface area contributed by atoms with Gasteiger partial charge >= 0.3 is 0 Å². The molecule has 1 aromatic rings. The number of nitrogens with zero attached hydrogens (tertiary/aromatic N) is 1. The van der Waals surface area contributed by atoms with Crippen LogP contribution in [0.3, 0.4) is 0 Å². The van der Waals surface area contributed by atoms with Gasteiger partial charge in [0.15, 0.2) is 0 Å². The van der Waals surface area contributed by atoms with Gasteiger partial charge in [-0.05, 0) is 57.5 Å². The minimum Gasteiger partial charge on any atom is -0.384 e. The highest BCUT2D eigenvalue weighted by atomic mass is 19.1. The fraction of sp³-hybridized carbons (Fsp3) is 0.571. The summed E-state index contributed by atoms with van der Waals surface area (Å²) in [6, 6.07) is 6.54. The Morgan fingerprint density at radius 2 is 2.00 bits per heavy atom. The van der Waals surface area contributed by atoms with E-state index in [2.05, 4.69) is 24.1 Å². The van der Waals surface area contributed by atoms with Crippen LogP contribution in [0.25, 0.3) is 0 Å². The third-order valence-electron chi connectivity index (χ3n) is 3.63. The van der Waals surface area contributed by atoms with Gasteiger partial charge in [-0.1, -0.05) is 0 Å². The van der Waals surface area contributed by atoms with Crippen molar-refractivity contribution >= 4 is 5.69 Å². The van der Waals surface area contributed by atoms with Gasteiger partial charge in [0.1, 0.15) is 5.82 Å². The van der Waals surface area contributed by atoms with E-state index < -0.39 is 0 Å². The van der Waals surface area contributed by atoms with Crippen LogP contribution in [0.5, 0.6) is 0 Å². The van der Waals surface area contributed by atoms with E-state index in [1.807, 2.05) is 0 Å². The Morgan fingerprint density at radius 3 is 2.59 bits per heavy atom. The normalized spacial score (nSPS) is 19.5. The Kier molecular flexibility index (Phi) is 3.67. The summed E-state index contributed by atoms with van der Waals surface area (Å²) in [7, 11) is 0. The predicted octanol–water partition coefficient (Wildman–Crippen LogP) is 3.11. The lowest BCUT2D eigenvalue weighted by Gasteiger charge is -2.31. The number of nitrogens with one attached hydrogen (secondary N) is 1. The summed E-state index contributed by atoms with van der Waals surface area (Å²) in [4.78, 5) is 2.52. The summed E-state index contributed by atoms with van der Waals surface area (Å²) in [5.74, 6) is -0.184. The highest BCUT2D eigenvalue weighted by Crippen LogP contribution is 2.27. The van der Waals surface area contributed by atoms with Crippen molar-refractivity contribution in [2.45, 2.75) is 32.2 Å². The van der Waals surface area contributed by atoms with Crippen LogP contribution in [-0.4, -0.2) is 30.1 Å². The molecule has 0 radical (unpaired) electrons. The molecular weight excluding hydrogens is 215 g/mol. The second kappa shape index (κ2) is 5.05. The second-order valence-corrected chi connectivity index (χ2v) is 5.34. The second-order valence-electron chi connectivity index (χ2n) is 5.34. The molecule has 2 nitrogen and oxygen atoms in total. The Morgan fingerprint density at radius 1 is 1.29 bits per heavy atom. The first-order chi connectivity index (χ1) is 8.08. The van der Waals surface area contributed by atoms with Crippen LogP contribution >= 0.6 is 0 Å². The van der Waals surface area contributed by atoms with Crippen LogP contribution in [0.4, 0.5) is 10.1 Å². The Labute approximate surface area is 103 Å². The van der Waals surface area contributed by atoms with Gasteiger partial charge in [0.25, 0.3) is 0 Å². The van der Waals surface area contributed by atoms with Gasteiger partial charge in [-0.25, -0.2) is 4.39 Å². The molecule has 1 heterocycles. The molecule has 1 aliphatic rings. The van der Waals surface area contributed by atoms with Crippen LogP contribution in [0.1, 0.15) is 26.7 Å². The number of anilines is 1. The SMILES string of the molecule is CC1(C)CCCN1CCNc1ccc(F)cc1. The van der Waals surface area contributed by atoms with E-state index in [-0.39, 0.29) is 5.82 Å². The van der Waals surface area contributed by atoms with Crippen LogP contribution in [-0.2, 0) is 0 Å². The summed E-state index contributed by atoms with van der Waals surface area (Å²) in [6.45, 7) is 7.76. The van der Waals surface area contributed by atoms with E-state index in [1.165, 1.54) is 31.5 Å². The largest absolute Gasteiger partial charge is 0.384 e. The van der Waals surface area contributed by atoms with E-state index >= 15 is 0 Å². The van der Waals surface area contributed by atoms with E-state index in [0.717, 1.165) is 18.8 Å². The fourth-order valence-corrected chi connectivity index (χ4v) is 2.48. The Bertz CT molecular complexity index is 359. The third-order valence-corrected chi connectivity index (χ3v) is 3.63. The predicted molar refractivity (Wildman–Crippen MR) is 69.8 cm³/mol. The van der Waals surface area contributed by atoms with Gasteiger partial charge in [0, 0.05) is 24.3 Å². The van der Waals surface area contributed by atoms with Crippen molar-refractivity contribution in [1.82, 2.24) is 4.90 Å². The van der Waals surface area contributed by atoms with Crippen molar-refractivity contribution in [2.75, 3.05) is 25.0 Å². The number of hydrogen-bond acceptors (Lipinski definition) is 2. The lowest BCUT2D eigenvalue weighted by Crippen LogP contribution is -2.40. The van der Waals surface area contributed by atoms with Gasteiger partial charge in [0.05, 0.1) is 0 Å². The number of hydrogen-bond donors (Lipinski definition) is 1. The van der Waals surface area contributed by atoms with Crippen molar-refractivity contribution in [2.24, 2.45) is 0 Å². The molecule has 0 unspecified atom stereocenters. The zero-order valence-electron chi connectivity index (χ0n) is 10.7. The minimum absolute atomic E-state index is 0.184. The molecule has 0 atom stereocenters. The van der Waals surface area contributed by atoms with Crippen LogP contribution in [0.15, 0.2) is 24.3 Å². The molecule has 17 heavy (non-hydrogen) atoms. The van der Waals surface area contributed by atoms with Crippen molar-refractivity contribution in [1.29, 1.82) is 0 Å². The van der Waals surface area contributed by atoms with Crippen molar-refractivity contribution in [3.63, 3.8) is 0 Å². The van der Waals surface area contributed by atoms with Crippen LogP contribution in [0, 0.1) is 5.82 Å². The maximum Gasteiger partial charge on any atom is 0.123 e. The molecule has 0 amide bonds. The maximum atomic E-state index is 12.7. The fourth-order valence-electron chi connectivity index (χ4n) is 2.48. The first-order valence-corrected chi connectivity index (χ1v) is 6.32. The Hall–Kier alpha value is -1.09. The van der Waals surface area contributed by atoms with E-state index in [0.29, 0.717) is 5.54 Å². The van der Waals surface area contributed by atoms with Gasteiger partial charge in [-0.3, -0.25) is 4.90 Å². The molecule has 3 heteroatoms. The molecule has 0 bridgehead atoms. The first-order valence-electron chi connectivity index (χ1n) is 6.32. The molecule has 94 valence electrons. The first kappa shape index (κ1) is 12.4. The van der Waals surface area contributed by atoms with Crippen molar-refractivity contribution < 1.29 is 4.39 Å². The van der Waals surface area contributed by atoms with Gasteiger partial charge < -0.3 is 5.32 Å². The van der Waals surface area contributed by atoms with E-state index in [4.69, 9.17) is 0 Å². The lowest BCUT2D eigenvalue weighted by molar-refractivity contribution is 0.182. The molecule has 0 saturated carbocycles. The quantitative estimate of drug-likeness (QED) is 0.864. The average Bonchev–Trinajstić information content (AvgIpc) is 2.61. The monoisotopic (exact) mass is 236 g/mol. The molecule has 1 saturated heterocycles.